The Morgan fingerprint density at radius 3 is 2.90 bits per heavy atom. The number of nitrogens with zero attached hydrogens (tertiary/aromatic N) is 1. The SMILES string of the molecule is Fc1cccc(OC2CCCC2)c1NCc1cnc(Cl)s1. The molecule has 21 heavy (non-hydrogen) atoms. The molecule has 0 saturated heterocycles. The van der Waals surface area contributed by atoms with Crippen LogP contribution in [0.3, 0.4) is 0 Å². The number of rotatable bonds is 5. The van der Waals surface area contributed by atoms with E-state index < -0.39 is 0 Å². The van der Waals surface area contributed by atoms with E-state index >= 15 is 0 Å². The molecular weight excluding hydrogens is 311 g/mol. The molecule has 0 spiro atoms. The summed E-state index contributed by atoms with van der Waals surface area (Å²) in [5.41, 5.74) is 0.411. The van der Waals surface area contributed by atoms with Crippen LogP contribution >= 0.6 is 22.9 Å². The van der Waals surface area contributed by atoms with Crippen LogP contribution in [-0.4, -0.2) is 11.1 Å². The van der Waals surface area contributed by atoms with E-state index in [1.54, 1.807) is 12.3 Å². The fourth-order valence-corrected chi connectivity index (χ4v) is 3.42. The maximum atomic E-state index is 14.1. The summed E-state index contributed by atoms with van der Waals surface area (Å²) in [5, 5.41) is 3.10. The first kappa shape index (κ1) is 14.6. The molecule has 3 rings (SSSR count). The quantitative estimate of drug-likeness (QED) is 0.851. The molecule has 1 aliphatic rings. The topological polar surface area (TPSA) is 34.1 Å². The third-order valence-corrected chi connectivity index (χ3v) is 4.65. The molecule has 1 saturated carbocycles. The van der Waals surface area contributed by atoms with E-state index in [4.69, 9.17) is 16.3 Å². The van der Waals surface area contributed by atoms with E-state index in [2.05, 4.69) is 10.3 Å². The highest BCUT2D eigenvalue weighted by molar-refractivity contribution is 7.15. The summed E-state index contributed by atoms with van der Waals surface area (Å²) in [6.07, 6.45) is 6.34. The molecule has 0 radical (unpaired) electrons. The summed E-state index contributed by atoms with van der Waals surface area (Å²) in [6.45, 7) is 0.479. The molecule has 0 bridgehead atoms. The van der Waals surface area contributed by atoms with Gasteiger partial charge in [0.1, 0.15) is 17.3 Å². The highest BCUT2D eigenvalue weighted by atomic mass is 35.5. The maximum absolute atomic E-state index is 14.1. The van der Waals surface area contributed by atoms with Gasteiger partial charge in [0.25, 0.3) is 0 Å². The molecule has 0 amide bonds. The van der Waals surface area contributed by atoms with Crippen LogP contribution in [-0.2, 0) is 6.54 Å². The van der Waals surface area contributed by atoms with Crippen molar-refractivity contribution in [3.05, 3.63) is 39.6 Å². The number of benzene rings is 1. The summed E-state index contributed by atoms with van der Waals surface area (Å²) in [4.78, 5) is 4.93. The Labute approximate surface area is 132 Å². The van der Waals surface area contributed by atoms with Gasteiger partial charge in [-0.2, -0.15) is 0 Å². The minimum atomic E-state index is -0.305. The number of hydrogen-bond donors (Lipinski definition) is 1. The van der Waals surface area contributed by atoms with Gasteiger partial charge in [-0.15, -0.1) is 11.3 Å². The molecule has 112 valence electrons. The molecule has 1 aliphatic carbocycles. The third kappa shape index (κ3) is 3.66. The minimum absolute atomic E-state index is 0.199. The Hall–Kier alpha value is -1.33. The number of hydrogen-bond acceptors (Lipinski definition) is 4. The van der Waals surface area contributed by atoms with Gasteiger partial charge in [-0.3, -0.25) is 0 Å². The van der Waals surface area contributed by atoms with Crippen molar-refractivity contribution in [1.82, 2.24) is 4.98 Å². The molecule has 2 aromatic rings. The number of anilines is 1. The Morgan fingerprint density at radius 1 is 1.38 bits per heavy atom. The lowest BCUT2D eigenvalue weighted by atomic mass is 10.2. The Morgan fingerprint density at radius 2 is 2.19 bits per heavy atom. The van der Waals surface area contributed by atoms with Crippen molar-refractivity contribution in [2.75, 3.05) is 5.32 Å². The fourth-order valence-electron chi connectivity index (χ4n) is 2.50. The van der Waals surface area contributed by atoms with Gasteiger partial charge in [0.15, 0.2) is 4.47 Å². The van der Waals surface area contributed by atoms with E-state index in [0.29, 0.717) is 22.4 Å². The van der Waals surface area contributed by atoms with Gasteiger partial charge in [0.05, 0.1) is 12.6 Å². The van der Waals surface area contributed by atoms with Crippen molar-refractivity contribution in [3.63, 3.8) is 0 Å². The lowest BCUT2D eigenvalue weighted by molar-refractivity contribution is 0.210. The van der Waals surface area contributed by atoms with Crippen LogP contribution in [0.15, 0.2) is 24.4 Å². The Kier molecular flexibility index (Phi) is 4.60. The molecule has 1 N–H and O–H groups in total. The normalized spacial score (nSPS) is 15.3. The van der Waals surface area contributed by atoms with Crippen molar-refractivity contribution in [3.8, 4) is 5.75 Å². The van der Waals surface area contributed by atoms with Gasteiger partial charge in [0, 0.05) is 11.1 Å². The van der Waals surface area contributed by atoms with Gasteiger partial charge >= 0.3 is 0 Å². The molecule has 0 aliphatic heterocycles. The van der Waals surface area contributed by atoms with Crippen molar-refractivity contribution in [2.24, 2.45) is 0 Å². The Bertz CT molecular complexity index is 613. The van der Waals surface area contributed by atoms with E-state index in [0.717, 1.165) is 17.7 Å². The summed E-state index contributed by atoms with van der Waals surface area (Å²) < 4.78 is 20.5. The zero-order valence-corrected chi connectivity index (χ0v) is 13.0. The summed E-state index contributed by atoms with van der Waals surface area (Å²) >= 11 is 7.18. The molecule has 6 heteroatoms. The van der Waals surface area contributed by atoms with E-state index in [9.17, 15) is 4.39 Å². The van der Waals surface area contributed by atoms with Gasteiger partial charge in [-0.05, 0) is 37.8 Å². The predicted molar refractivity (Wildman–Crippen MR) is 83.7 cm³/mol. The van der Waals surface area contributed by atoms with Gasteiger partial charge < -0.3 is 10.1 Å². The molecule has 0 unspecified atom stereocenters. The molecule has 1 heterocycles. The van der Waals surface area contributed by atoms with Gasteiger partial charge in [-0.1, -0.05) is 17.7 Å². The summed E-state index contributed by atoms with van der Waals surface area (Å²) in [7, 11) is 0. The van der Waals surface area contributed by atoms with Crippen LogP contribution in [0.4, 0.5) is 10.1 Å². The average molecular weight is 327 g/mol. The van der Waals surface area contributed by atoms with Crippen molar-refractivity contribution < 1.29 is 9.13 Å². The zero-order valence-electron chi connectivity index (χ0n) is 11.4. The average Bonchev–Trinajstić information content (AvgIpc) is 3.10. The monoisotopic (exact) mass is 326 g/mol. The van der Waals surface area contributed by atoms with E-state index in [1.807, 2.05) is 6.07 Å². The third-order valence-electron chi connectivity index (χ3n) is 3.54. The highest BCUT2D eigenvalue weighted by Crippen LogP contribution is 2.32. The van der Waals surface area contributed by atoms with Crippen molar-refractivity contribution in [2.45, 2.75) is 38.3 Å². The number of ether oxygens (including phenoxy) is 1. The second-order valence-electron chi connectivity index (χ2n) is 5.07. The number of thiazole rings is 1. The van der Waals surface area contributed by atoms with Crippen LogP contribution in [0.25, 0.3) is 0 Å². The smallest absolute Gasteiger partial charge is 0.183 e. The summed E-state index contributed by atoms with van der Waals surface area (Å²) in [6, 6.07) is 4.92. The van der Waals surface area contributed by atoms with Crippen molar-refractivity contribution >= 4 is 28.6 Å². The fraction of sp³-hybridized carbons (Fsp3) is 0.400. The van der Waals surface area contributed by atoms with Gasteiger partial charge in [0.2, 0.25) is 0 Å². The molecule has 0 atom stereocenters. The summed E-state index contributed by atoms with van der Waals surface area (Å²) in [5.74, 6) is 0.277. The number of halogens is 2. The second-order valence-corrected chi connectivity index (χ2v) is 6.77. The lowest BCUT2D eigenvalue weighted by Crippen LogP contribution is -2.13. The molecule has 3 nitrogen and oxygen atoms in total. The number of nitrogens with one attached hydrogen (secondary N) is 1. The number of aromatic nitrogens is 1. The van der Waals surface area contributed by atoms with Crippen molar-refractivity contribution in [1.29, 1.82) is 0 Å². The lowest BCUT2D eigenvalue weighted by Gasteiger charge is -2.17. The van der Waals surface area contributed by atoms with Gasteiger partial charge in [-0.25, -0.2) is 9.37 Å². The highest BCUT2D eigenvalue weighted by Gasteiger charge is 2.19. The first-order chi connectivity index (χ1) is 10.2. The molecule has 1 aromatic heterocycles. The van der Waals surface area contributed by atoms with Crippen LogP contribution in [0.5, 0.6) is 5.75 Å². The maximum Gasteiger partial charge on any atom is 0.183 e. The van der Waals surface area contributed by atoms with Crippen LogP contribution in [0, 0.1) is 5.82 Å². The minimum Gasteiger partial charge on any atom is -0.488 e. The van der Waals surface area contributed by atoms with E-state index in [-0.39, 0.29) is 11.9 Å². The first-order valence-electron chi connectivity index (χ1n) is 7.01. The Balaban J connectivity index is 1.72. The van der Waals surface area contributed by atoms with Crippen LogP contribution < -0.4 is 10.1 Å². The van der Waals surface area contributed by atoms with Crippen LogP contribution in [0.1, 0.15) is 30.6 Å². The second kappa shape index (κ2) is 6.62. The largest absolute Gasteiger partial charge is 0.488 e. The molecular formula is C15H16ClFN2OS. The van der Waals surface area contributed by atoms with E-state index in [1.165, 1.54) is 30.2 Å². The predicted octanol–water partition coefficient (Wildman–Crippen LogP) is 4.87. The first-order valence-corrected chi connectivity index (χ1v) is 8.21. The zero-order chi connectivity index (χ0) is 14.7. The molecule has 1 fully saturated rings. The molecule has 1 aromatic carbocycles. The number of para-hydroxylation sites is 1. The standard InChI is InChI=1S/C15H16ClFN2OS/c16-15-19-9-11(21-15)8-18-14-12(17)6-3-7-13(14)20-10-4-1-2-5-10/h3,6-7,9-10,18H,1-2,4-5,8H2. The van der Waals surface area contributed by atoms with Crippen LogP contribution in [0.2, 0.25) is 4.47 Å².